The van der Waals surface area contributed by atoms with Gasteiger partial charge in [-0.15, -0.1) is 0 Å². The predicted molar refractivity (Wildman–Crippen MR) is 78.0 cm³/mol. The second-order valence-corrected chi connectivity index (χ2v) is 3.58. The minimum Gasteiger partial charge on any atom is -0.870 e. The summed E-state index contributed by atoms with van der Waals surface area (Å²) in [6, 6.07) is 0. The molecule has 0 atom stereocenters. The smallest absolute Gasteiger partial charge is 0.870 e. The Morgan fingerprint density at radius 2 is 1.52 bits per heavy atom. The van der Waals surface area contributed by atoms with Gasteiger partial charge in [0.25, 0.3) is 0 Å². The SMILES string of the molecule is C.COC(=O)c1cncn1C.Cn1cncc1C(=O)O.F.[3HH].[Li+].[OH-]. The number of halogens is 1. The number of hydrogen-bond acceptors (Lipinski definition) is 6. The van der Waals surface area contributed by atoms with Gasteiger partial charge in [-0.3, -0.25) is 4.70 Å². The molecule has 0 aliphatic carbocycles. The summed E-state index contributed by atoms with van der Waals surface area (Å²) in [5.74, 6) is -1.31. The second-order valence-electron chi connectivity index (χ2n) is 3.58. The Morgan fingerprint density at radius 3 is 1.74 bits per heavy atom. The number of esters is 1. The van der Waals surface area contributed by atoms with Gasteiger partial charge in [-0.25, -0.2) is 19.6 Å². The van der Waals surface area contributed by atoms with Crippen LogP contribution in [0, 0.1) is 0 Å². The van der Waals surface area contributed by atoms with Crippen LogP contribution in [0.2, 0.25) is 0 Å². The molecule has 0 spiro atoms. The molecule has 0 aromatic carbocycles. The van der Waals surface area contributed by atoms with Gasteiger partial charge >= 0.3 is 30.8 Å². The molecule has 0 fully saturated rings. The molecular weight excluding hydrogens is 306 g/mol. The van der Waals surface area contributed by atoms with Crippen molar-refractivity contribution in [1.29, 1.82) is 0 Å². The minimum absolute atomic E-state index is 0. The molecule has 2 N–H and O–H groups in total. The molecule has 11 heteroatoms. The van der Waals surface area contributed by atoms with Crippen LogP contribution in [0.4, 0.5) is 4.70 Å². The van der Waals surface area contributed by atoms with Crippen LogP contribution in [0.5, 0.6) is 0 Å². The van der Waals surface area contributed by atoms with Crippen molar-refractivity contribution in [3.63, 3.8) is 0 Å². The number of carboxylic acids is 1. The third-order valence-electron chi connectivity index (χ3n) is 2.25. The summed E-state index contributed by atoms with van der Waals surface area (Å²) >= 11 is 0. The molecule has 128 valence electrons. The van der Waals surface area contributed by atoms with Crippen LogP contribution in [0.3, 0.4) is 0 Å². The largest absolute Gasteiger partial charge is 1.00 e. The van der Waals surface area contributed by atoms with Crippen molar-refractivity contribution in [1.82, 2.24) is 19.1 Å². The number of hydrogen-bond donors (Lipinski definition) is 1. The molecule has 2 aromatic rings. The molecule has 0 amide bonds. The molecule has 2 heterocycles. The van der Waals surface area contributed by atoms with Gasteiger partial charge in [-0.05, 0) is 0 Å². The number of imidazole rings is 2. The molecule has 0 saturated carbocycles. The fourth-order valence-corrected chi connectivity index (χ4v) is 1.22. The Balaban J connectivity index is -0.0000000832. The minimum atomic E-state index is -0.949. The van der Waals surface area contributed by atoms with E-state index in [9.17, 15) is 9.59 Å². The van der Waals surface area contributed by atoms with E-state index in [4.69, 9.17) is 5.11 Å². The summed E-state index contributed by atoms with van der Waals surface area (Å²) in [4.78, 5) is 28.4. The molecule has 0 bridgehead atoms. The average Bonchev–Trinajstić information content (AvgIpc) is 2.97. The van der Waals surface area contributed by atoms with Crippen LogP contribution in [0.1, 0.15) is 29.8 Å². The Bertz CT molecular complexity index is 594. The number of aromatic nitrogens is 4. The number of methoxy groups -OCH3 is 1. The molecule has 0 unspecified atom stereocenters. The number of carboxylic acid groups (broad SMARTS) is 1. The zero-order valence-corrected chi connectivity index (χ0v) is 12.6. The van der Waals surface area contributed by atoms with Crippen molar-refractivity contribution >= 4 is 11.9 Å². The summed E-state index contributed by atoms with van der Waals surface area (Å²) in [7, 11) is 4.71. The molecule has 0 aliphatic rings. The maximum atomic E-state index is 10.8. The number of carbonyl (C=O) groups is 2. The van der Waals surface area contributed by atoms with Gasteiger partial charge in [0.15, 0.2) is 0 Å². The third kappa shape index (κ3) is 8.15. The van der Waals surface area contributed by atoms with E-state index in [0.29, 0.717) is 5.69 Å². The predicted octanol–water partition coefficient (Wildman–Crippen LogP) is -1.81. The zero-order chi connectivity index (χ0) is 14.4. The fraction of sp³-hybridized carbons (Fsp3) is 0.333. The van der Waals surface area contributed by atoms with Crippen LogP contribution < -0.4 is 18.9 Å². The van der Waals surface area contributed by atoms with Gasteiger partial charge in [-0.1, -0.05) is 7.43 Å². The van der Waals surface area contributed by atoms with E-state index in [-0.39, 0.29) is 49.6 Å². The summed E-state index contributed by atoms with van der Waals surface area (Å²) < 4.78 is 7.53. The molecular formula is C12H22FLiN4O5. The Labute approximate surface area is 146 Å². The van der Waals surface area contributed by atoms with E-state index in [1.807, 2.05) is 0 Å². The van der Waals surface area contributed by atoms with Gasteiger partial charge in [0.1, 0.15) is 11.4 Å². The van der Waals surface area contributed by atoms with E-state index < -0.39 is 5.97 Å². The molecule has 2 aromatic heterocycles. The first kappa shape index (κ1) is 28.9. The van der Waals surface area contributed by atoms with Crippen molar-refractivity contribution in [3.8, 4) is 0 Å². The first-order chi connectivity index (χ1) is 8.97. The first-order valence-corrected chi connectivity index (χ1v) is 5.21. The maximum absolute atomic E-state index is 10.8. The van der Waals surface area contributed by atoms with Crippen molar-refractivity contribution in [2.45, 2.75) is 7.43 Å². The van der Waals surface area contributed by atoms with E-state index in [1.54, 1.807) is 25.0 Å². The zero-order valence-electron chi connectivity index (χ0n) is 12.6. The van der Waals surface area contributed by atoms with Crippen LogP contribution in [-0.4, -0.2) is 48.7 Å². The standard InChI is InChI=1S/C6H8N2O2.C5H6N2O2.CH4.FH.Li.H2O.H2/c1-8-4-7-3-5(8)6(9)10-2;1-7-3-6-2-4(7)5(8)9;;;;;/h3-4H,1-2H3;2-3H,1H3,(H,8,9);1H4;1H;;1H2;1H/q;;;;+1;;/p-1/i;;;;;;1+2. The summed E-state index contributed by atoms with van der Waals surface area (Å²) in [6.07, 6.45) is 5.77. The fourth-order valence-electron chi connectivity index (χ4n) is 1.22. The van der Waals surface area contributed by atoms with E-state index in [0.717, 1.165) is 0 Å². The Kier molecular flexibility index (Phi) is 17.0. The summed E-state index contributed by atoms with van der Waals surface area (Å²) in [6.45, 7) is 0. The first-order valence-electron chi connectivity index (χ1n) is 5.21. The third-order valence-corrected chi connectivity index (χ3v) is 2.25. The van der Waals surface area contributed by atoms with Crippen LogP contribution in [0.15, 0.2) is 25.0 Å². The number of aromatic carboxylic acids is 1. The molecule has 0 radical (unpaired) electrons. The van der Waals surface area contributed by atoms with Crippen LogP contribution in [0.25, 0.3) is 0 Å². The van der Waals surface area contributed by atoms with Crippen molar-refractivity contribution in [2.75, 3.05) is 7.11 Å². The van der Waals surface area contributed by atoms with Crippen molar-refractivity contribution in [2.24, 2.45) is 14.1 Å². The van der Waals surface area contributed by atoms with Crippen molar-refractivity contribution < 1.29 is 49.9 Å². The van der Waals surface area contributed by atoms with Gasteiger partial charge < -0.3 is 24.5 Å². The van der Waals surface area contributed by atoms with E-state index >= 15 is 0 Å². The van der Waals surface area contributed by atoms with Gasteiger partial charge in [-0.2, -0.15) is 0 Å². The summed E-state index contributed by atoms with van der Waals surface area (Å²) in [5, 5.41) is 8.39. The van der Waals surface area contributed by atoms with Gasteiger partial charge in [0.05, 0.1) is 32.2 Å². The molecule has 0 saturated heterocycles. The quantitative estimate of drug-likeness (QED) is 0.507. The second kappa shape index (κ2) is 13.5. The monoisotopic (exact) mass is 330 g/mol. The van der Waals surface area contributed by atoms with Crippen LogP contribution >= 0.6 is 0 Å². The molecule has 0 aliphatic heterocycles. The topological polar surface area (TPSA) is 129 Å². The number of nitrogens with zero attached hydrogens (tertiary/aromatic N) is 4. The maximum Gasteiger partial charge on any atom is 1.00 e. The van der Waals surface area contributed by atoms with Gasteiger partial charge in [0.2, 0.25) is 0 Å². The summed E-state index contributed by atoms with van der Waals surface area (Å²) in [5.41, 5.74) is 0.664. The van der Waals surface area contributed by atoms with E-state index in [2.05, 4.69) is 14.7 Å². The normalized spacial score (nSPS) is 7.78. The van der Waals surface area contributed by atoms with Crippen molar-refractivity contribution in [3.05, 3.63) is 36.4 Å². The molecule has 9 nitrogen and oxygen atoms in total. The van der Waals surface area contributed by atoms with E-state index in [1.165, 1.54) is 30.4 Å². The number of ether oxygens (including phenoxy) is 1. The Hall–Kier alpha value is -2.15. The number of carbonyl (C=O) groups excluding carboxylic acids is 1. The average molecular weight is 330 g/mol. The molecule has 2 rings (SSSR count). The van der Waals surface area contributed by atoms with Gasteiger partial charge in [0, 0.05) is 15.5 Å². The molecule has 23 heavy (non-hydrogen) atoms. The van der Waals surface area contributed by atoms with Crippen LogP contribution in [-0.2, 0) is 18.8 Å². The number of rotatable bonds is 2. The number of aryl methyl sites for hydroxylation is 2. The Morgan fingerprint density at radius 1 is 1.13 bits per heavy atom.